The van der Waals surface area contributed by atoms with Crippen LogP contribution in [0.2, 0.25) is 0 Å². The minimum atomic E-state index is -0.559. The Bertz CT molecular complexity index is 1080. The summed E-state index contributed by atoms with van der Waals surface area (Å²) in [5.41, 5.74) is 7.68. The minimum absolute atomic E-state index is 0.147. The molecule has 6 heteroatoms. The van der Waals surface area contributed by atoms with Crippen molar-refractivity contribution in [1.82, 2.24) is 9.88 Å². The molecule has 0 spiro atoms. The number of halogens is 1. The number of H-pyrrole nitrogens is 1. The minimum Gasteiger partial charge on any atom is -0.366 e. The van der Waals surface area contributed by atoms with E-state index in [1.807, 2.05) is 12.1 Å². The van der Waals surface area contributed by atoms with Crippen LogP contribution in [0, 0.1) is 5.82 Å². The number of rotatable bonds is 4. The molecule has 27 heavy (non-hydrogen) atoms. The molecule has 2 heterocycles. The predicted molar refractivity (Wildman–Crippen MR) is 102 cm³/mol. The molecule has 1 amide bonds. The molecule has 0 aliphatic carbocycles. The number of hydrogen-bond acceptors (Lipinski definition) is 3. The van der Waals surface area contributed by atoms with Crippen LogP contribution in [0.1, 0.15) is 34.0 Å². The van der Waals surface area contributed by atoms with Crippen LogP contribution in [0.5, 0.6) is 0 Å². The lowest BCUT2D eigenvalue weighted by atomic mass is 9.98. The Kier molecular flexibility index (Phi) is 4.49. The number of nitrogens with two attached hydrogens (primary N) is 1. The zero-order valence-electron chi connectivity index (χ0n) is 14.7. The molecule has 1 aliphatic heterocycles. The summed E-state index contributed by atoms with van der Waals surface area (Å²) in [6.07, 6.45) is 0.890. The van der Waals surface area contributed by atoms with Gasteiger partial charge in [-0.2, -0.15) is 0 Å². The van der Waals surface area contributed by atoms with Crippen molar-refractivity contribution in [2.45, 2.75) is 18.9 Å². The third kappa shape index (κ3) is 3.48. The monoisotopic (exact) mass is 365 g/mol. The highest BCUT2D eigenvalue weighted by molar-refractivity contribution is 5.96. The van der Waals surface area contributed by atoms with Gasteiger partial charge < -0.3 is 10.7 Å². The summed E-state index contributed by atoms with van der Waals surface area (Å²) in [4.78, 5) is 29.2. The maximum absolute atomic E-state index is 14.0. The number of carbonyl (C=O) groups excluding carboxylic acids is 1. The van der Waals surface area contributed by atoms with E-state index in [1.54, 1.807) is 24.3 Å². The number of primary amides is 1. The van der Waals surface area contributed by atoms with Gasteiger partial charge in [0, 0.05) is 47.2 Å². The van der Waals surface area contributed by atoms with E-state index in [4.69, 9.17) is 5.73 Å². The zero-order valence-corrected chi connectivity index (χ0v) is 14.7. The van der Waals surface area contributed by atoms with E-state index in [-0.39, 0.29) is 17.2 Å². The Morgan fingerprint density at radius 1 is 1.22 bits per heavy atom. The normalized spacial score (nSPS) is 17.4. The molecule has 5 nitrogen and oxygen atoms in total. The van der Waals surface area contributed by atoms with Crippen molar-refractivity contribution in [2.75, 3.05) is 13.1 Å². The standard InChI is InChI=1S/C21H20FN3O2/c22-18-4-2-1-3-16(18)14-7-8-25(11-14)12-15-10-20(26)17-9-13(21(23)27)5-6-19(17)24-15/h1-6,9-10,14H,7-8,11-12H2,(H2,23,27)(H,24,26)/t14-/m1/s1. The van der Waals surface area contributed by atoms with Gasteiger partial charge in [0.25, 0.3) is 0 Å². The Balaban J connectivity index is 1.54. The van der Waals surface area contributed by atoms with Crippen molar-refractivity contribution in [3.8, 4) is 0 Å². The Hall–Kier alpha value is -2.99. The van der Waals surface area contributed by atoms with Crippen LogP contribution in [0.3, 0.4) is 0 Å². The van der Waals surface area contributed by atoms with Crippen molar-refractivity contribution in [2.24, 2.45) is 5.73 Å². The lowest BCUT2D eigenvalue weighted by molar-refractivity contribution is 0.100. The van der Waals surface area contributed by atoms with Crippen LogP contribution < -0.4 is 11.2 Å². The molecular weight excluding hydrogens is 345 g/mol. The highest BCUT2D eigenvalue weighted by Gasteiger charge is 2.26. The van der Waals surface area contributed by atoms with E-state index in [0.29, 0.717) is 23.0 Å². The summed E-state index contributed by atoms with van der Waals surface area (Å²) < 4.78 is 14.0. The summed E-state index contributed by atoms with van der Waals surface area (Å²) in [5.74, 6) is -0.554. The van der Waals surface area contributed by atoms with E-state index in [9.17, 15) is 14.0 Å². The number of pyridine rings is 1. The number of nitrogens with zero attached hydrogens (tertiary/aromatic N) is 1. The van der Waals surface area contributed by atoms with E-state index >= 15 is 0 Å². The van der Waals surface area contributed by atoms with Crippen LogP contribution in [-0.2, 0) is 6.54 Å². The van der Waals surface area contributed by atoms with Crippen LogP contribution in [0.15, 0.2) is 53.3 Å². The summed E-state index contributed by atoms with van der Waals surface area (Å²) in [6.45, 7) is 2.19. The molecule has 0 bridgehead atoms. The molecule has 0 saturated carbocycles. The molecule has 138 valence electrons. The van der Waals surface area contributed by atoms with Gasteiger partial charge in [0.2, 0.25) is 5.91 Å². The number of fused-ring (bicyclic) bond motifs is 1. The number of aromatic nitrogens is 1. The molecule has 4 rings (SSSR count). The van der Waals surface area contributed by atoms with Gasteiger partial charge in [0.05, 0.1) is 0 Å². The van der Waals surface area contributed by atoms with Crippen LogP contribution in [-0.4, -0.2) is 28.9 Å². The average Bonchev–Trinajstić information content (AvgIpc) is 3.10. The summed E-state index contributed by atoms with van der Waals surface area (Å²) in [6, 6.07) is 13.3. The van der Waals surface area contributed by atoms with Gasteiger partial charge in [-0.05, 0) is 42.8 Å². The van der Waals surface area contributed by atoms with Gasteiger partial charge in [-0.15, -0.1) is 0 Å². The fraction of sp³-hybridized carbons (Fsp3) is 0.238. The molecule has 0 unspecified atom stereocenters. The quantitative estimate of drug-likeness (QED) is 0.746. The molecule has 1 fully saturated rings. The highest BCUT2D eigenvalue weighted by atomic mass is 19.1. The highest BCUT2D eigenvalue weighted by Crippen LogP contribution is 2.29. The summed E-state index contributed by atoms with van der Waals surface area (Å²) >= 11 is 0. The number of hydrogen-bond donors (Lipinski definition) is 2. The van der Waals surface area contributed by atoms with Gasteiger partial charge in [0.15, 0.2) is 5.43 Å². The van der Waals surface area contributed by atoms with Crippen molar-refractivity contribution >= 4 is 16.8 Å². The molecule has 3 aromatic rings. The lowest BCUT2D eigenvalue weighted by Gasteiger charge is -2.17. The fourth-order valence-electron chi connectivity index (χ4n) is 3.82. The zero-order chi connectivity index (χ0) is 19.0. The number of carbonyl (C=O) groups is 1. The van der Waals surface area contributed by atoms with E-state index in [1.165, 1.54) is 12.1 Å². The Morgan fingerprint density at radius 3 is 2.81 bits per heavy atom. The first-order valence-electron chi connectivity index (χ1n) is 8.94. The largest absolute Gasteiger partial charge is 0.366 e. The molecule has 3 N–H and O–H groups in total. The van der Waals surface area contributed by atoms with Gasteiger partial charge in [-0.25, -0.2) is 4.39 Å². The molecule has 1 saturated heterocycles. The second-order valence-corrected chi connectivity index (χ2v) is 7.03. The van der Waals surface area contributed by atoms with Crippen LogP contribution >= 0.6 is 0 Å². The smallest absolute Gasteiger partial charge is 0.248 e. The molecule has 2 aromatic carbocycles. The van der Waals surface area contributed by atoms with Crippen molar-refractivity contribution < 1.29 is 9.18 Å². The van der Waals surface area contributed by atoms with Crippen LogP contribution in [0.4, 0.5) is 4.39 Å². The van der Waals surface area contributed by atoms with Gasteiger partial charge >= 0.3 is 0 Å². The topological polar surface area (TPSA) is 79.2 Å². The first-order valence-corrected chi connectivity index (χ1v) is 8.94. The van der Waals surface area contributed by atoms with E-state index < -0.39 is 5.91 Å². The summed E-state index contributed by atoms with van der Waals surface area (Å²) in [5, 5.41) is 0.445. The lowest BCUT2D eigenvalue weighted by Crippen LogP contribution is -2.22. The number of amides is 1. The third-order valence-corrected chi connectivity index (χ3v) is 5.18. The van der Waals surface area contributed by atoms with Crippen molar-refractivity contribution in [1.29, 1.82) is 0 Å². The van der Waals surface area contributed by atoms with E-state index in [2.05, 4.69) is 9.88 Å². The Morgan fingerprint density at radius 2 is 2.04 bits per heavy atom. The first-order chi connectivity index (χ1) is 13.0. The number of aromatic amines is 1. The van der Waals surface area contributed by atoms with Crippen molar-refractivity contribution in [3.05, 3.63) is 81.4 Å². The molecule has 1 aliphatic rings. The molecular formula is C21H20FN3O2. The maximum Gasteiger partial charge on any atom is 0.248 e. The number of likely N-dealkylation sites (tertiary alicyclic amines) is 1. The van der Waals surface area contributed by atoms with E-state index in [0.717, 1.165) is 30.8 Å². The summed E-state index contributed by atoms with van der Waals surface area (Å²) in [7, 11) is 0. The molecule has 1 aromatic heterocycles. The van der Waals surface area contributed by atoms with Crippen LogP contribution in [0.25, 0.3) is 10.9 Å². The average molecular weight is 365 g/mol. The molecule has 0 radical (unpaired) electrons. The maximum atomic E-state index is 14.0. The molecule has 1 atom stereocenters. The predicted octanol–water partition coefficient (Wildman–Crippen LogP) is 2.76. The number of benzene rings is 2. The van der Waals surface area contributed by atoms with Gasteiger partial charge in [-0.1, -0.05) is 18.2 Å². The second kappa shape index (κ2) is 6.96. The number of nitrogens with one attached hydrogen (secondary N) is 1. The van der Waals surface area contributed by atoms with Crippen molar-refractivity contribution in [3.63, 3.8) is 0 Å². The second-order valence-electron chi connectivity index (χ2n) is 7.03. The fourth-order valence-corrected chi connectivity index (χ4v) is 3.82. The SMILES string of the molecule is NC(=O)c1ccc2[nH]c(CN3CC[C@@H](c4ccccc4F)C3)cc(=O)c2c1. The van der Waals surface area contributed by atoms with Gasteiger partial charge in [-0.3, -0.25) is 14.5 Å². The Labute approximate surface area is 155 Å². The first kappa shape index (κ1) is 17.4. The third-order valence-electron chi connectivity index (χ3n) is 5.18. The van der Waals surface area contributed by atoms with Gasteiger partial charge in [0.1, 0.15) is 5.82 Å².